The summed E-state index contributed by atoms with van der Waals surface area (Å²) >= 11 is 0. The molecule has 20 heavy (non-hydrogen) atoms. The van der Waals surface area contributed by atoms with Gasteiger partial charge in [0.1, 0.15) is 32.7 Å². The first-order valence-electron chi connectivity index (χ1n) is 7.55. The van der Waals surface area contributed by atoms with Crippen LogP contribution < -0.4 is 15.1 Å². The Morgan fingerprint density at radius 3 is 2.60 bits per heavy atom. The summed E-state index contributed by atoms with van der Waals surface area (Å²) < 4.78 is 0. The molecule has 0 aromatic heterocycles. The summed E-state index contributed by atoms with van der Waals surface area (Å²) in [7, 11) is 1.72. The van der Waals surface area contributed by atoms with Crippen molar-refractivity contribution >= 4 is 5.91 Å². The maximum Gasteiger partial charge on any atom is 0.277 e. The summed E-state index contributed by atoms with van der Waals surface area (Å²) in [6.45, 7) is 9.72. The molecule has 1 saturated heterocycles. The van der Waals surface area contributed by atoms with E-state index in [0.717, 1.165) is 32.7 Å². The fourth-order valence-electron chi connectivity index (χ4n) is 3.05. The number of nitrogens with one attached hydrogen (secondary N) is 3. The lowest BCUT2D eigenvalue weighted by Crippen LogP contribution is -3.29. The quantitative estimate of drug-likeness (QED) is 0.610. The molecule has 1 aliphatic rings. The predicted octanol–water partition coefficient (Wildman–Crippen LogP) is -1.59. The molecule has 0 spiro atoms. The minimum absolute atomic E-state index is 0.0699. The summed E-state index contributed by atoms with van der Waals surface area (Å²) in [5.41, 5.74) is 2.75. The molecule has 0 bridgehead atoms. The highest BCUT2D eigenvalue weighted by atomic mass is 16.2. The minimum Gasteiger partial charge on any atom is -0.354 e. The SMILES string of the molecule is CNC(=O)[C@H](C)[NH+]1CC[NH+](Cc2cccc(C)c2)CC1. The van der Waals surface area contributed by atoms with Gasteiger partial charge in [-0.15, -0.1) is 0 Å². The average Bonchev–Trinajstić information content (AvgIpc) is 2.46. The van der Waals surface area contributed by atoms with Gasteiger partial charge in [0.2, 0.25) is 0 Å². The highest BCUT2D eigenvalue weighted by Crippen LogP contribution is 2.01. The molecule has 4 nitrogen and oxygen atoms in total. The van der Waals surface area contributed by atoms with Gasteiger partial charge in [0.05, 0.1) is 0 Å². The number of carbonyl (C=O) groups is 1. The first-order valence-corrected chi connectivity index (χ1v) is 7.55. The van der Waals surface area contributed by atoms with Gasteiger partial charge >= 0.3 is 0 Å². The summed E-state index contributed by atoms with van der Waals surface area (Å²) in [5, 5.41) is 2.75. The summed E-state index contributed by atoms with van der Waals surface area (Å²) in [4.78, 5) is 14.7. The summed E-state index contributed by atoms with van der Waals surface area (Å²) in [5.74, 6) is 0.155. The third-order valence-electron chi connectivity index (χ3n) is 4.39. The van der Waals surface area contributed by atoms with Gasteiger partial charge in [-0.1, -0.05) is 29.8 Å². The number of amides is 1. The molecule has 1 aromatic rings. The molecule has 0 aliphatic carbocycles. The fourth-order valence-corrected chi connectivity index (χ4v) is 3.05. The number of benzene rings is 1. The van der Waals surface area contributed by atoms with Crippen LogP contribution in [0, 0.1) is 6.92 Å². The van der Waals surface area contributed by atoms with E-state index in [-0.39, 0.29) is 11.9 Å². The lowest BCUT2D eigenvalue weighted by molar-refractivity contribution is -1.02. The number of quaternary nitrogens is 2. The zero-order valence-electron chi connectivity index (χ0n) is 12.8. The van der Waals surface area contributed by atoms with Crippen LogP contribution in [-0.2, 0) is 11.3 Å². The molecular weight excluding hydrogens is 250 g/mol. The molecule has 110 valence electrons. The van der Waals surface area contributed by atoms with E-state index < -0.39 is 0 Å². The van der Waals surface area contributed by atoms with Gasteiger partial charge in [-0.25, -0.2) is 0 Å². The highest BCUT2D eigenvalue weighted by molar-refractivity contribution is 5.79. The maximum absolute atomic E-state index is 11.7. The Hall–Kier alpha value is -1.39. The minimum atomic E-state index is 0.0699. The lowest BCUT2D eigenvalue weighted by Gasteiger charge is -2.32. The number of aryl methyl sites for hydroxylation is 1. The number of hydrogen-bond donors (Lipinski definition) is 3. The monoisotopic (exact) mass is 277 g/mol. The van der Waals surface area contributed by atoms with Crippen LogP contribution in [0.3, 0.4) is 0 Å². The molecule has 0 radical (unpaired) electrons. The molecular formula is C16H27N3O+2. The number of hydrogen-bond acceptors (Lipinski definition) is 1. The molecule has 1 aliphatic heterocycles. The summed E-state index contributed by atoms with van der Waals surface area (Å²) in [6.07, 6.45) is 0. The molecule has 1 heterocycles. The van der Waals surface area contributed by atoms with Crippen molar-refractivity contribution in [2.24, 2.45) is 0 Å². The first kappa shape index (κ1) is 15.0. The Morgan fingerprint density at radius 2 is 2.00 bits per heavy atom. The summed E-state index contributed by atoms with van der Waals surface area (Å²) in [6, 6.07) is 8.84. The van der Waals surface area contributed by atoms with Gasteiger partial charge in [0.15, 0.2) is 6.04 Å². The number of piperazine rings is 1. The van der Waals surface area contributed by atoms with Gasteiger partial charge in [0, 0.05) is 12.6 Å². The van der Waals surface area contributed by atoms with E-state index in [1.807, 2.05) is 6.92 Å². The van der Waals surface area contributed by atoms with E-state index in [1.165, 1.54) is 16.0 Å². The molecule has 1 aromatic carbocycles. The molecule has 1 amide bonds. The van der Waals surface area contributed by atoms with Crippen molar-refractivity contribution in [1.29, 1.82) is 0 Å². The second-order valence-corrected chi connectivity index (χ2v) is 5.91. The Morgan fingerprint density at radius 1 is 1.30 bits per heavy atom. The Labute approximate surface area is 121 Å². The van der Waals surface area contributed by atoms with Crippen molar-refractivity contribution < 1.29 is 14.6 Å². The average molecular weight is 277 g/mol. The molecule has 1 atom stereocenters. The van der Waals surface area contributed by atoms with Crippen molar-refractivity contribution in [2.45, 2.75) is 26.4 Å². The van der Waals surface area contributed by atoms with Crippen molar-refractivity contribution in [3.05, 3.63) is 35.4 Å². The van der Waals surface area contributed by atoms with Crippen molar-refractivity contribution in [3.63, 3.8) is 0 Å². The molecule has 2 rings (SSSR count). The Bertz CT molecular complexity index is 453. The maximum atomic E-state index is 11.7. The van der Waals surface area contributed by atoms with Crippen LogP contribution in [-0.4, -0.2) is 45.2 Å². The van der Waals surface area contributed by atoms with E-state index >= 15 is 0 Å². The topological polar surface area (TPSA) is 38.0 Å². The first-order chi connectivity index (χ1) is 9.60. The predicted molar refractivity (Wildman–Crippen MR) is 79.8 cm³/mol. The molecule has 4 heteroatoms. The molecule has 1 fully saturated rings. The van der Waals surface area contributed by atoms with E-state index in [9.17, 15) is 4.79 Å². The highest BCUT2D eigenvalue weighted by Gasteiger charge is 2.30. The largest absolute Gasteiger partial charge is 0.354 e. The molecule has 3 N–H and O–H groups in total. The van der Waals surface area contributed by atoms with Crippen LogP contribution >= 0.6 is 0 Å². The van der Waals surface area contributed by atoms with E-state index in [4.69, 9.17) is 0 Å². The van der Waals surface area contributed by atoms with Crippen molar-refractivity contribution in [3.8, 4) is 0 Å². The van der Waals surface area contributed by atoms with Gasteiger partial charge in [-0.3, -0.25) is 4.79 Å². The third kappa shape index (κ3) is 3.81. The second-order valence-electron chi connectivity index (χ2n) is 5.91. The Balaban J connectivity index is 1.84. The van der Waals surface area contributed by atoms with Crippen LogP contribution in [0.5, 0.6) is 0 Å². The van der Waals surface area contributed by atoms with E-state index in [1.54, 1.807) is 11.9 Å². The number of rotatable bonds is 4. The standard InChI is InChI=1S/C16H25N3O/c1-13-5-4-6-15(11-13)12-18-7-9-19(10-8-18)14(2)16(20)17-3/h4-6,11,14H,7-10,12H2,1-3H3,(H,17,20)/p+2/t14-/m0/s1. The molecule has 0 saturated carbocycles. The third-order valence-corrected chi connectivity index (χ3v) is 4.39. The number of carbonyl (C=O) groups excluding carboxylic acids is 1. The van der Waals surface area contributed by atoms with E-state index in [2.05, 4.69) is 36.5 Å². The smallest absolute Gasteiger partial charge is 0.277 e. The number of likely N-dealkylation sites (N-methyl/N-ethyl adjacent to an activating group) is 1. The van der Waals surface area contributed by atoms with Crippen molar-refractivity contribution in [2.75, 3.05) is 33.2 Å². The van der Waals surface area contributed by atoms with Crippen LogP contribution in [0.2, 0.25) is 0 Å². The van der Waals surface area contributed by atoms with Gasteiger partial charge in [-0.2, -0.15) is 0 Å². The van der Waals surface area contributed by atoms with Gasteiger partial charge in [-0.05, 0) is 13.8 Å². The second kappa shape index (κ2) is 6.86. The van der Waals surface area contributed by atoms with Crippen molar-refractivity contribution in [1.82, 2.24) is 5.32 Å². The molecule has 0 unspecified atom stereocenters. The van der Waals surface area contributed by atoms with Crippen LogP contribution in [0.15, 0.2) is 24.3 Å². The van der Waals surface area contributed by atoms with E-state index in [0.29, 0.717) is 0 Å². The lowest BCUT2D eigenvalue weighted by atomic mass is 10.1. The normalized spacial score (nSPS) is 24.1. The van der Waals surface area contributed by atoms with Crippen LogP contribution in [0.25, 0.3) is 0 Å². The zero-order valence-corrected chi connectivity index (χ0v) is 12.8. The zero-order chi connectivity index (χ0) is 14.5. The fraction of sp³-hybridized carbons (Fsp3) is 0.562. The van der Waals surface area contributed by atoms with Gasteiger partial charge < -0.3 is 15.1 Å². The Kier molecular flexibility index (Phi) is 5.15. The van der Waals surface area contributed by atoms with Crippen LogP contribution in [0.4, 0.5) is 0 Å². The van der Waals surface area contributed by atoms with Gasteiger partial charge in [0.25, 0.3) is 5.91 Å². The van der Waals surface area contributed by atoms with Crippen LogP contribution in [0.1, 0.15) is 18.1 Å².